The lowest BCUT2D eigenvalue weighted by Gasteiger charge is -2.26. The van der Waals surface area contributed by atoms with Gasteiger partial charge in [0, 0.05) is 13.1 Å². The minimum absolute atomic E-state index is 0.306. The first-order valence-electron chi connectivity index (χ1n) is 6.39. The number of allylic oxidation sites excluding steroid dienone is 1. The Morgan fingerprint density at radius 3 is 2.64 bits per heavy atom. The first-order valence-corrected chi connectivity index (χ1v) is 7.62. The molecule has 0 saturated carbocycles. The number of furan rings is 1. The molecule has 0 radical (unpaired) electrons. The SMILES string of the molecule is CN1C(=S)SC(C)(C)[C@@H]1[N+]([O-])=CC=Cc1ccc([N+](=O)[O-])o1. The van der Waals surface area contributed by atoms with Crippen LogP contribution in [0.3, 0.4) is 0 Å². The molecule has 0 N–H and O–H groups in total. The number of hydroxylamine groups is 1. The van der Waals surface area contributed by atoms with Gasteiger partial charge in [0.15, 0.2) is 6.21 Å². The molecule has 1 aromatic rings. The van der Waals surface area contributed by atoms with Gasteiger partial charge in [-0.15, -0.1) is 0 Å². The number of thioether (sulfide) groups is 1. The highest BCUT2D eigenvalue weighted by Gasteiger charge is 2.48. The van der Waals surface area contributed by atoms with Crippen molar-refractivity contribution in [1.29, 1.82) is 0 Å². The Morgan fingerprint density at radius 2 is 2.14 bits per heavy atom. The van der Waals surface area contributed by atoms with Crippen molar-refractivity contribution in [2.45, 2.75) is 24.8 Å². The summed E-state index contributed by atoms with van der Waals surface area (Å²) in [5, 5.41) is 22.8. The molecule has 0 unspecified atom stereocenters. The van der Waals surface area contributed by atoms with Gasteiger partial charge in [-0.3, -0.25) is 10.1 Å². The molecule has 0 spiro atoms. The fourth-order valence-corrected chi connectivity index (χ4v) is 4.03. The third kappa shape index (κ3) is 3.30. The summed E-state index contributed by atoms with van der Waals surface area (Å²) in [5.74, 6) is -0.0303. The normalized spacial score (nSPS) is 21.8. The van der Waals surface area contributed by atoms with Gasteiger partial charge < -0.3 is 14.5 Å². The van der Waals surface area contributed by atoms with Crippen LogP contribution in [0.5, 0.6) is 0 Å². The maximum Gasteiger partial charge on any atom is 0.433 e. The van der Waals surface area contributed by atoms with E-state index in [0.29, 0.717) is 10.1 Å². The number of nitro groups is 1. The van der Waals surface area contributed by atoms with Gasteiger partial charge in [0.05, 0.1) is 6.07 Å². The molecule has 118 valence electrons. The zero-order chi connectivity index (χ0) is 16.5. The Bertz CT molecular complexity index is 666. The number of rotatable bonds is 4. The predicted octanol–water partition coefficient (Wildman–Crippen LogP) is 2.85. The Hall–Kier alpha value is -1.87. The molecule has 1 aliphatic heterocycles. The van der Waals surface area contributed by atoms with Crippen molar-refractivity contribution in [3.8, 4) is 0 Å². The molecule has 1 fully saturated rings. The molecule has 22 heavy (non-hydrogen) atoms. The van der Waals surface area contributed by atoms with Gasteiger partial charge in [-0.25, -0.2) is 0 Å². The van der Waals surface area contributed by atoms with Gasteiger partial charge in [0.2, 0.25) is 0 Å². The highest BCUT2D eigenvalue weighted by atomic mass is 32.2. The third-order valence-corrected chi connectivity index (χ3v) is 4.89. The van der Waals surface area contributed by atoms with Crippen LogP contribution in [0.25, 0.3) is 6.08 Å². The Balaban J connectivity index is 2.13. The van der Waals surface area contributed by atoms with Crippen molar-refractivity contribution in [3.63, 3.8) is 0 Å². The Morgan fingerprint density at radius 1 is 1.45 bits per heavy atom. The minimum atomic E-state index is -0.616. The molecule has 0 aliphatic carbocycles. The summed E-state index contributed by atoms with van der Waals surface area (Å²) >= 11 is 6.70. The zero-order valence-electron chi connectivity index (χ0n) is 12.3. The molecule has 1 saturated heterocycles. The van der Waals surface area contributed by atoms with Crippen LogP contribution >= 0.6 is 24.0 Å². The van der Waals surface area contributed by atoms with Gasteiger partial charge in [0.1, 0.15) is 19.8 Å². The summed E-state index contributed by atoms with van der Waals surface area (Å²) in [6.45, 7) is 3.91. The second kappa shape index (κ2) is 6.09. The fourth-order valence-electron chi connectivity index (χ4n) is 2.23. The maximum absolute atomic E-state index is 12.3. The molecular formula is C13H15N3O4S2. The minimum Gasteiger partial charge on any atom is -0.622 e. The van der Waals surface area contributed by atoms with E-state index in [4.69, 9.17) is 16.6 Å². The van der Waals surface area contributed by atoms with E-state index in [9.17, 15) is 15.3 Å². The van der Waals surface area contributed by atoms with Crippen LogP contribution in [0.2, 0.25) is 0 Å². The molecule has 1 atom stereocenters. The van der Waals surface area contributed by atoms with Crippen LogP contribution in [0.15, 0.2) is 22.6 Å². The van der Waals surface area contributed by atoms with Gasteiger partial charge in [-0.2, -0.15) is 4.74 Å². The molecule has 0 amide bonds. The second-order valence-corrected chi connectivity index (χ2v) is 7.55. The highest BCUT2D eigenvalue weighted by molar-refractivity contribution is 8.24. The van der Waals surface area contributed by atoms with E-state index in [1.54, 1.807) is 11.9 Å². The van der Waals surface area contributed by atoms with Crippen molar-refractivity contribution in [3.05, 3.63) is 39.3 Å². The lowest BCUT2D eigenvalue weighted by Crippen LogP contribution is -2.45. The van der Waals surface area contributed by atoms with Crippen molar-refractivity contribution in [1.82, 2.24) is 4.90 Å². The van der Waals surface area contributed by atoms with Crippen molar-refractivity contribution in [2.24, 2.45) is 0 Å². The van der Waals surface area contributed by atoms with E-state index in [1.807, 2.05) is 13.8 Å². The molecule has 0 bridgehead atoms. The number of thiocarbonyl (C=S) groups is 1. The van der Waals surface area contributed by atoms with Crippen molar-refractivity contribution >= 4 is 46.5 Å². The second-order valence-electron chi connectivity index (χ2n) is 5.26. The molecule has 7 nitrogen and oxygen atoms in total. The largest absolute Gasteiger partial charge is 0.622 e. The fraction of sp³-hybridized carbons (Fsp3) is 0.385. The lowest BCUT2D eigenvalue weighted by molar-refractivity contribution is -0.521. The maximum atomic E-state index is 12.3. The molecule has 2 heterocycles. The monoisotopic (exact) mass is 341 g/mol. The summed E-state index contributed by atoms with van der Waals surface area (Å²) in [7, 11) is 1.78. The zero-order valence-corrected chi connectivity index (χ0v) is 13.9. The van der Waals surface area contributed by atoms with Crippen LogP contribution in [0.1, 0.15) is 19.6 Å². The third-order valence-electron chi connectivity index (χ3n) is 3.15. The smallest absolute Gasteiger partial charge is 0.433 e. The van der Waals surface area contributed by atoms with Crippen LogP contribution < -0.4 is 0 Å². The van der Waals surface area contributed by atoms with Gasteiger partial charge >= 0.3 is 5.88 Å². The highest BCUT2D eigenvalue weighted by Crippen LogP contribution is 2.40. The number of nitrogens with zero attached hydrogens (tertiary/aromatic N) is 3. The molecule has 0 aromatic carbocycles. The van der Waals surface area contributed by atoms with Gasteiger partial charge in [-0.1, -0.05) is 24.0 Å². The predicted molar refractivity (Wildman–Crippen MR) is 89.9 cm³/mol. The Labute approximate surface area is 137 Å². The molecule has 1 aromatic heterocycles. The lowest BCUT2D eigenvalue weighted by atomic mass is 10.1. The summed E-state index contributed by atoms with van der Waals surface area (Å²) < 4.78 is 6.13. The number of hydrogen-bond acceptors (Lipinski definition) is 6. The van der Waals surface area contributed by atoms with E-state index in [0.717, 1.165) is 4.74 Å². The average Bonchev–Trinajstić information content (AvgIpc) is 2.93. The molecule has 9 heteroatoms. The molecule has 1 aliphatic rings. The molecular weight excluding hydrogens is 326 g/mol. The standard InChI is InChI=1S/C13H15N3O4S2/c1-13(2)11(14(3)12(21)22-13)15(17)8-4-5-9-6-7-10(20-9)16(18)19/h4-8,11H,1-3H3/t11-/m0/s1. The van der Waals surface area contributed by atoms with Crippen LogP contribution in [-0.2, 0) is 0 Å². The average molecular weight is 341 g/mol. The van der Waals surface area contributed by atoms with E-state index in [1.165, 1.54) is 42.3 Å². The van der Waals surface area contributed by atoms with Crippen LogP contribution in [0.4, 0.5) is 5.88 Å². The topological polar surface area (TPSA) is 85.6 Å². The van der Waals surface area contributed by atoms with Crippen molar-refractivity contribution in [2.75, 3.05) is 7.05 Å². The molecule has 2 rings (SSSR count). The van der Waals surface area contributed by atoms with Gasteiger partial charge in [-0.05, 0) is 26.0 Å². The summed E-state index contributed by atoms with van der Waals surface area (Å²) in [5.41, 5.74) is 0. The number of hydrogen-bond donors (Lipinski definition) is 0. The van der Waals surface area contributed by atoms with E-state index < -0.39 is 11.1 Å². The van der Waals surface area contributed by atoms with Gasteiger partial charge in [0.25, 0.3) is 6.17 Å². The van der Waals surface area contributed by atoms with E-state index in [2.05, 4.69) is 0 Å². The van der Waals surface area contributed by atoms with Crippen molar-refractivity contribution < 1.29 is 14.1 Å². The quantitative estimate of drug-likeness (QED) is 0.208. The van der Waals surface area contributed by atoms with Crippen LogP contribution in [0, 0.1) is 15.3 Å². The summed E-state index contributed by atoms with van der Waals surface area (Å²) in [6, 6.07) is 2.73. The summed E-state index contributed by atoms with van der Waals surface area (Å²) in [4.78, 5) is 11.7. The first kappa shape index (κ1) is 16.5. The van der Waals surface area contributed by atoms with E-state index in [-0.39, 0.29) is 10.6 Å². The van der Waals surface area contributed by atoms with Crippen LogP contribution in [-0.4, -0.2) is 43.1 Å². The first-order chi connectivity index (χ1) is 10.2. The Kier molecular flexibility index (Phi) is 4.57. The van der Waals surface area contributed by atoms with E-state index >= 15 is 0 Å². The summed E-state index contributed by atoms with van der Waals surface area (Å²) in [6.07, 6.45) is 3.92.